The van der Waals surface area contributed by atoms with Crippen LogP contribution in [0.3, 0.4) is 0 Å². The molecule has 1 fully saturated rings. The summed E-state index contributed by atoms with van der Waals surface area (Å²) in [6.45, 7) is 0.611. The first kappa shape index (κ1) is 17.7. The Morgan fingerprint density at radius 3 is 2.39 bits per heavy atom. The molecule has 0 unspecified atom stereocenters. The zero-order valence-corrected chi connectivity index (χ0v) is 14.4. The van der Waals surface area contributed by atoms with Crippen LogP contribution in [0.15, 0.2) is 24.3 Å². The van der Waals surface area contributed by atoms with Gasteiger partial charge in [0.15, 0.2) is 0 Å². The monoisotopic (exact) mass is 340 g/mol. The maximum absolute atomic E-state index is 12.1. The molecule has 0 radical (unpaired) electrons. The van der Waals surface area contributed by atoms with Crippen LogP contribution in [0.1, 0.15) is 36.0 Å². The average molecular weight is 340 g/mol. The molecule has 0 saturated heterocycles. The quantitative estimate of drug-likeness (QED) is 0.818. The van der Waals surface area contributed by atoms with E-state index in [-0.39, 0.29) is 11.9 Å². The average Bonchev–Trinajstić information content (AvgIpc) is 3.04. The number of hydrogen-bond acceptors (Lipinski definition) is 4. The Labute approximate surface area is 137 Å². The van der Waals surface area contributed by atoms with Gasteiger partial charge in [0.2, 0.25) is 10.0 Å². The lowest BCUT2D eigenvalue weighted by atomic mass is 10.2. The molecule has 0 aliphatic heterocycles. The molecule has 1 aromatic rings. The van der Waals surface area contributed by atoms with Gasteiger partial charge in [-0.05, 0) is 37.1 Å². The Morgan fingerprint density at radius 1 is 1.26 bits per heavy atom. The van der Waals surface area contributed by atoms with Gasteiger partial charge >= 0.3 is 0 Å². The van der Waals surface area contributed by atoms with Gasteiger partial charge in [-0.25, -0.2) is 8.42 Å². The van der Waals surface area contributed by atoms with E-state index < -0.39 is 10.0 Å². The minimum atomic E-state index is -3.25. The zero-order valence-electron chi connectivity index (χ0n) is 13.6. The van der Waals surface area contributed by atoms with E-state index in [2.05, 4.69) is 5.32 Å². The lowest BCUT2D eigenvalue weighted by Gasteiger charge is -2.26. The minimum absolute atomic E-state index is 0.0721. The standard InChI is InChI=1S/C16H24N2O4S/c1-22-15-9-7-13(8-10-15)16(19)17-11-12-18(23(2,20)21)14-5-3-4-6-14/h7-10,14H,3-6,11-12H2,1-2H3,(H,17,19). The van der Waals surface area contributed by atoms with Crippen molar-refractivity contribution in [1.29, 1.82) is 0 Å². The van der Waals surface area contributed by atoms with Crippen molar-refractivity contribution in [2.24, 2.45) is 0 Å². The highest BCUT2D eigenvalue weighted by Crippen LogP contribution is 2.24. The summed E-state index contributed by atoms with van der Waals surface area (Å²) >= 11 is 0. The molecule has 0 bridgehead atoms. The van der Waals surface area contributed by atoms with Crippen molar-refractivity contribution in [3.63, 3.8) is 0 Å². The molecule has 1 amide bonds. The summed E-state index contributed by atoms with van der Waals surface area (Å²) in [5.41, 5.74) is 0.526. The third kappa shape index (κ3) is 4.94. The fraction of sp³-hybridized carbons (Fsp3) is 0.562. The third-order valence-corrected chi connectivity index (χ3v) is 5.46. The number of sulfonamides is 1. The van der Waals surface area contributed by atoms with E-state index in [1.54, 1.807) is 31.4 Å². The number of methoxy groups -OCH3 is 1. The van der Waals surface area contributed by atoms with Gasteiger partial charge in [-0.3, -0.25) is 4.79 Å². The first-order chi connectivity index (χ1) is 10.9. The first-order valence-electron chi connectivity index (χ1n) is 7.81. The van der Waals surface area contributed by atoms with E-state index in [0.29, 0.717) is 24.4 Å². The molecule has 1 aliphatic carbocycles. The Hall–Kier alpha value is -1.60. The van der Waals surface area contributed by atoms with Gasteiger partial charge in [-0.2, -0.15) is 4.31 Å². The number of nitrogens with one attached hydrogen (secondary N) is 1. The molecule has 0 atom stereocenters. The van der Waals surface area contributed by atoms with Crippen LogP contribution in [-0.2, 0) is 10.0 Å². The van der Waals surface area contributed by atoms with Crippen LogP contribution in [0.25, 0.3) is 0 Å². The molecule has 1 aromatic carbocycles. The van der Waals surface area contributed by atoms with E-state index >= 15 is 0 Å². The highest BCUT2D eigenvalue weighted by molar-refractivity contribution is 7.88. The Morgan fingerprint density at radius 2 is 1.87 bits per heavy atom. The first-order valence-corrected chi connectivity index (χ1v) is 9.65. The molecule has 2 rings (SSSR count). The number of hydrogen-bond donors (Lipinski definition) is 1. The number of amides is 1. The number of benzene rings is 1. The summed E-state index contributed by atoms with van der Waals surface area (Å²) in [6, 6.07) is 6.87. The molecule has 0 heterocycles. The van der Waals surface area contributed by atoms with E-state index in [1.165, 1.54) is 10.6 Å². The van der Waals surface area contributed by atoms with Crippen molar-refractivity contribution in [3.05, 3.63) is 29.8 Å². The van der Waals surface area contributed by atoms with E-state index in [4.69, 9.17) is 4.74 Å². The van der Waals surface area contributed by atoms with E-state index in [9.17, 15) is 13.2 Å². The van der Waals surface area contributed by atoms with Crippen LogP contribution < -0.4 is 10.1 Å². The predicted octanol–water partition coefficient (Wildman–Crippen LogP) is 1.63. The van der Waals surface area contributed by atoms with Crippen molar-refractivity contribution in [2.75, 3.05) is 26.5 Å². The Bertz CT molecular complexity index is 622. The van der Waals surface area contributed by atoms with Gasteiger partial charge in [0.05, 0.1) is 13.4 Å². The third-order valence-electron chi connectivity index (χ3n) is 4.13. The second kappa shape index (κ2) is 7.79. The number of nitrogens with zero attached hydrogens (tertiary/aromatic N) is 1. The smallest absolute Gasteiger partial charge is 0.251 e. The van der Waals surface area contributed by atoms with Crippen LogP contribution in [0.5, 0.6) is 5.75 Å². The van der Waals surface area contributed by atoms with Crippen LogP contribution >= 0.6 is 0 Å². The van der Waals surface area contributed by atoms with Crippen molar-refractivity contribution in [1.82, 2.24) is 9.62 Å². The van der Waals surface area contributed by atoms with Gasteiger partial charge in [-0.15, -0.1) is 0 Å². The molecule has 128 valence electrons. The van der Waals surface area contributed by atoms with Gasteiger partial charge in [0, 0.05) is 24.7 Å². The number of rotatable bonds is 7. The second-order valence-corrected chi connectivity index (χ2v) is 7.73. The maximum atomic E-state index is 12.1. The molecule has 6 nitrogen and oxygen atoms in total. The SMILES string of the molecule is COc1ccc(C(=O)NCCN(C2CCCC2)S(C)(=O)=O)cc1. The van der Waals surface area contributed by atoms with Crippen molar-refractivity contribution in [3.8, 4) is 5.75 Å². The highest BCUT2D eigenvalue weighted by atomic mass is 32.2. The molecule has 1 N–H and O–H groups in total. The summed E-state index contributed by atoms with van der Waals surface area (Å²) in [4.78, 5) is 12.1. The number of carbonyl (C=O) groups excluding carboxylic acids is 1. The summed E-state index contributed by atoms with van der Waals surface area (Å²) in [7, 11) is -1.69. The largest absolute Gasteiger partial charge is 0.497 e. The molecular formula is C16H24N2O4S. The minimum Gasteiger partial charge on any atom is -0.497 e. The maximum Gasteiger partial charge on any atom is 0.251 e. The lowest BCUT2D eigenvalue weighted by molar-refractivity contribution is 0.0950. The molecule has 1 aliphatic rings. The van der Waals surface area contributed by atoms with Crippen LogP contribution in [0.4, 0.5) is 0 Å². The molecular weight excluding hydrogens is 316 g/mol. The summed E-state index contributed by atoms with van der Waals surface area (Å²) in [5, 5.41) is 2.78. The molecule has 1 saturated carbocycles. The molecule has 23 heavy (non-hydrogen) atoms. The van der Waals surface area contributed by atoms with Gasteiger partial charge < -0.3 is 10.1 Å². The van der Waals surface area contributed by atoms with E-state index in [1.807, 2.05) is 0 Å². The van der Waals surface area contributed by atoms with Gasteiger partial charge in [0.1, 0.15) is 5.75 Å². The van der Waals surface area contributed by atoms with Crippen molar-refractivity contribution >= 4 is 15.9 Å². The summed E-state index contributed by atoms with van der Waals surface area (Å²) in [6.07, 6.45) is 5.17. The van der Waals surface area contributed by atoms with Crippen LogP contribution in [0.2, 0.25) is 0 Å². The van der Waals surface area contributed by atoms with E-state index in [0.717, 1.165) is 25.7 Å². The second-order valence-electron chi connectivity index (χ2n) is 5.80. The number of ether oxygens (including phenoxy) is 1. The van der Waals surface area contributed by atoms with Gasteiger partial charge in [-0.1, -0.05) is 12.8 Å². The predicted molar refractivity (Wildman–Crippen MR) is 89.1 cm³/mol. The summed E-state index contributed by atoms with van der Waals surface area (Å²) in [5.74, 6) is 0.471. The van der Waals surface area contributed by atoms with Crippen molar-refractivity contribution in [2.45, 2.75) is 31.7 Å². The van der Waals surface area contributed by atoms with Crippen LogP contribution in [-0.4, -0.2) is 51.1 Å². The molecule has 0 spiro atoms. The molecule has 0 aromatic heterocycles. The van der Waals surface area contributed by atoms with Crippen LogP contribution in [0, 0.1) is 0 Å². The number of carbonyl (C=O) groups is 1. The normalized spacial score (nSPS) is 15.8. The Kier molecular flexibility index (Phi) is 6.01. The topological polar surface area (TPSA) is 75.7 Å². The Balaban J connectivity index is 1.89. The summed E-state index contributed by atoms with van der Waals surface area (Å²) < 4.78 is 30.4. The van der Waals surface area contributed by atoms with Gasteiger partial charge in [0.25, 0.3) is 5.91 Å². The molecule has 7 heteroatoms. The van der Waals surface area contributed by atoms with Crippen molar-refractivity contribution < 1.29 is 17.9 Å². The zero-order chi connectivity index (χ0) is 16.9. The fourth-order valence-corrected chi connectivity index (χ4v) is 4.11. The highest BCUT2D eigenvalue weighted by Gasteiger charge is 2.28. The fourth-order valence-electron chi connectivity index (χ4n) is 2.94. The lowest BCUT2D eigenvalue weighted by Crippen LogP contribution is -2.43.